The molecule has 0 spiro atoms. The van der Waals surface area contributed by atoms with Crippen LogP contribution in [-0.4, -0.2) is 22.5 Å². The molecule has 3 rings (SSSR count). The van der Waals surface area contributed by atoms with E-state index in [1.165, 1.54) is 30.5 Å². The van der Waals surface area contributed by atoms with Gasteiger partial charge in [0, 0.05) is 11.8 Å². The van der Waals surface area contributed by atoms with Gasteiger partial charge in [-0.2, -0.15) is 4.98 Å². The van der Waals surface area contributed by atoms with Crippen LogP contribution in [0.3, 0.4) is 0 Å². The molecule has 0 unspecified atom stereocenters. The van der Waals surface area contributed by atoms with Gasteiger partial charge in [0.1, 0.15) is 17.3 Å². The zero-order chi connectivity index (χ0) is 18.4. The van der Waals surface area contributed by atoms with Gasteiger partial charge in [-0.15, -0.1) is 0 Å². The second-order valence-electron chi connectivity index (χ2n) is 4.96. The van der Waals surface area contributed by atoms with Crippen LogP contribution >= 0.6 is 0 Å². The fraction of sp³-hybridized carbons (Fsp3) is 0. The van der Waals surface area contributed by atoms with Crippen molar-refractivity contribution >= 4 is 12.5 Å². The van der Waals surface area contributed by atoms with Crippen LogP contribution in [0, 0.1) is 5.82 Å². The van der Waals surface area contributed by atoms with E-state index in [0.717, 1.165) is 5.56 Å². The summed E-state index contributed by atoms with van der Waals surface area (Å²) in [5, 5.41) is 1.83. The highest BCUT2D eigenvalue weighted by atomic mass is 19.1. The van der Waals surface area contributed by atoms with Gasteiger partial charge in [0.05, 0.1) is 5.69 Å². The van der Waals surface area contributed by atoms with Gasteiger partial charge in [0.2, 0.25) is 6.41 Å². The predicted octanol–water partition coefficient (Wildman–Crippen LogP) is 3.32. The number of ether oxygens (including phenoxy) is 2. The Labute approximate surface area is 147 Å². The quantitative estimate of drug-likeness (QED) is 0.708. The summed E-state index contributed by atoms with van der Waals surface area (Å²) in [6, 6.07) is 14.1. The van der Waals surface area contributed by atoms with Gasteiger partial charge in [-0.05, 0) is 54.6 Å². The molecule has 3 aromatic rings. The summed E-state index contributed by atoms with van der Waals surface area (Å²) in [5.41, 5.74) is 1.25. The molecule has 130 valence electrons. The minimum Gasteiger partial charge on any atom is -0.457 e. The summed E-state index contributed by atoms with van der Waals surface area (Å²) in [5.74, 6) is 0.741. The molecule has 1 N–H and O–H groups in total. The Kier molecular flexibility index (Phi) is 5.14. The number of carbonyl (C=O) groups excluding carboxylic acids is 2. The van der Waals surface area contributed by atoms with Gasteiger partial charge in [0.25, 0.3) is 0 Å². The van der Waals surface area contributed by atoms with Gasteiger partial charge < -0.3 is 9.47 Å². The average molecular weight is 353 g/mol. The standard InChI is InChI=1S/C18H12FN3O4/c19-13-3-7-15(8-4-13)25-14-5-1-12(2-6-14)16-9-10-20-17(22-16)26-18(24)21-11-23/h1-11H,(H,21,23,24). The Hall–Kier alpha value is -3.81. The molecule has 1 heterocycles. The molecular formula is C18H12FN3O4. The largest absolute Gasteiger partial charge is 0.457 e. The lowest BCUT2D eigenvalue weighted by atomic mass is 10.1. The highest BCUT2D eigenvalue weighted by molar-refractivity contribution is 5.81. The molecule has 7 nitrogen and oxygen atoms in total. The monoisotopic (exact) mass is 353 g/mol. The van der Waals surface area contributed by atoms with Crippen LogP contribution in [0.25, 0.3) is 11.3 Å². The first-order chi connectivity index (χ1) is 12.6. The lowest BCUT2D eigenvalue weighted by molar-refractivity contribution is -0.108. The minimum absolute atomic E-state index is 0.187. The normalized spacial score (nSPS) is 10.0. The third-order valence-electron chi connectivity index (χ3n) is 3.19. The summed E-state index contributed by atoms with van der Waals surface area (Å²) in [4.78, 5) is 29.3. The molecule has 0 aliphatic carbocycles. The van der Waals surface area contributed by atoms with E-state index >= 15 is 0 Å². The maximum atomic E-state index is 12.9. The second-order valence-corrected chi connectivity index (χ2v) is 4.96. The smallest absolute Gasteiger partial charge is 0.421 e. The minimum atomic E-state index is -0.972. The van der Waals surface area contributed by atoms with Crippen LogP contribution in [0.2, 0.25) is 0 Å². The van der Waals surface area contributed by atoms with Crippen molar-refractivity contribution in [1.82, 2.24) is 15.3 Å². The first-order valence-electron chi connectivity index (χ1n) is 7.43. The van der Waals surface area contributed by atoms with Crippen LogP contribution in [-0.2, 0) is 4.79 Å². The molecule has 0 saturated heterocycles. The molecule has 0 radical (unpaired) electrons. The van der Waals surface area contributed by atoms with Crippen molar-refractivity contribution in [2.75, 3.05) is 0 Å². The van der Waals surface area contributed by atoms with Crippen LogP contribution < -0.4 is 14.8 Å². The van der Waals surface area contributed by atoms with Crippen LogP contribution in [0.4, 0.5) is 9.18 Å². The van der Waals surface area contributed by atoms with Crippen molar-refractivity contribution in [3.63, 3.8) is 0 Å². The van der Waals surface area contributed by atoms with Gasteiger partial charge in [0.15, 0.2) is 0 Å². The molecule has 0 bridgehead atoms. The first-order valence-corrected chi connectivity index (χ1v) is 7.43. The summed E-state index contributed by atoms with van der Waals surface area (Å²) >= 11 is 0. The molecule has 26 heavy (non-hydrogen) atoms. The van der Waals surface area contributed by atoms with Crippen molar-refractivity contribution < 1.29 is 23.5 Å². The Bertz CT molecular complexity index is 914. The molecule has 8 heteroatoms. The number of nitrogens with zero attached hydrogens (tertiary/aromatic N) is 2. The SMILES string of the molecule is O=CNC(=O)Oc1nccc(-c2ccc(Oc3ccc(F)cc3)cc2)n1. The second kappa shape index (κ2) is 7.84. The summed E-state index contributed by atoms with van der Waals surface area (Å²) < 4.78 is 23.3. The van der Waals surface area contributed by atoms with E-state index in [2.05, 4.69) is 9.97 Å². The van der Waals surface area contributed by atoms with Gasteiger partial charge >= 0.3 is 12.1 Å². The molecule has 0 fully saturated rings. The molecule has 0 atom stereocenters. The maximum Gasteiger partial charge on any atom is 0.421 e. The van der Waals surface area contributed by atoms with Gasteiger partial charge in [-0.3, -0.25) is 10.1 Å². The number of benzene rings is 2. The van der Waals surface area contributed by atoms with Crippen molar-refractivity contribution in [3.8, 4) is 28.8 Å². The third-order valence-corrected chi connectivity index (χ3v) is 3.19. The number of nitrogens with one attached hydrogen (secondary N) is 1. The number of halogens is 1. The first kappa shape index (κ1) is 17.0. The molecule has 2 aromatic carbocycles. The van der Waals surface area contributed by atoms with Crippen molar-refractivity contribution in [2.45, 2.75) is 0 Å². The summed E-state index contributed by atoms with van der Waals surface area (Å²) in [6.45, 7) is 0. The topological polar surface area (TPSA) is 90.4 Å². The van der Waals surface area contributed by atoms with Crippen LogP contribution in [0.15, 0.2) is 60.8 Å². The third kappa shape index (κ3) is 4.38. The number of amides is 2. The van der Waals surface area contributed by atoms with E-state index in [4.69, 9.17) is 9.47 Å². The summed E-state index contributed by atoms with van der Waals surface area (Å²) in [7, 11) is 0. The Morgan fingerprint density at radius 2 is 1.65 bits per heavy atom. The van der Waals surface area contributed by atoms with E-state index in [1.54, 1.807) is 30.3 Å². The van der Waals surface area contributed by atoms with Crippen molar-refractivity contribution in [3.05, 3.63) is 66.6 Å². The highest BCUT2D eigenvalue weighted by Gasteiger charge is 2.08. The van der Waals surface area contributed by atoms with E-state index in [1.807, 2.05) is 5.32 Å². The molecule has 2 amide bonds. The van der Waals surface area contributed by atoms with Crippen LogP contribution in [0.5, 0.6) is 17.5 Å². The number of hydrogen-bond donors (Lipinski definition) is 1. The number of imide groups is 1. The molecular weight excluding hydrogens is 341 g/mol. The Balaban J connectivity index is 1.72. The fourth-order valence-electron chi connectivity index (χ4n) is 2.04. The molecule has 1 aromatic heterocycles. The average Bonchev–Trinajstić information content (AvgIpc) is 2.65. The summed E-state index contributed by atoms with van der Waals surface area (Å²) in [6.07, 6.45) is 0.654. The lowest BCUT2D eigenvalue weighted by Gasteiger charge is -2.07. The Morgan fingerprint density at radius 1 is 1.00 bits per heavy atom. The fourth-order valence-corrected chi connectivity index (χ4v) is 2.04. The lowest BCUT2D eigenvalue weighted by Crippen LogP contribution is -2.25. The van der Waals surface area contributed by atoms with E-state index in [9.17, 15) is 14.0 Å². The van der Waals surface area contributed by atoms with Gasteiger partial charge in [-0.25, -0.2) is 14.2 Å². The van der Waals surface area contributed by atoms with E-state index in [-0.39, 0.29) is 18.2 Å². The van der Waals surface area contributed by atoms with Crippen molar-refractivity contribution in [1.29, 1.82) is 0 Å². The maximum absolute atomic E-state index is 12.9. The highest BCUT2D eigenvalue weighted by Crippen LogP contribution is 2.25. The molecule has 0 aliphatic rings. The molecule has 0 aliphatic heterocycles. The number of aromatic nitrogens is 2. The number of carbonyl (C=O) groups is 2. The van der Waals surface area contributed by atoms with E-state index < -0.39 is 6.09 Å². The zero-order valence-corrected chi connectivity index (χ0v) is 13.3. The van der Waals surface area contributed by atoms with E-state index in [0.29, 0.717) is 17.2 Å². The number of hydrogen-bond acceptors (Lipinski definition) is 6. The predicted molar refractivity (Wildman–Crippen MR) is 89.2 cm³/mol. The van der Waals surface area contributed by atoms with Crippen LogP contribution in [0.1, 0.15) is 0 Å². The number of rotatable bonds is 5. The Morgan fingerprint density at radius 3 is 2.31 bits per heavy atom. The van der Waals surface area contributed by atoms with Crippen molar-refractivity contribution in [2.24, 2.45) is 0 Å². The van der Waals surface area contributed by atoms with Gasteiger partial charge in [-0.1, -0.05) is 0 Å². The zero-order valence-electron chi connectivity index (χ0n) is 13.3. The molecule has 0 saturated carbocycles.